The number of sulfonamides is 1. The minimum atomic E-state index is -4.42. The number of piperazine rings is 1. The van der Waals surface area contributed by atoms with Gasteiger partial charge in [0, 0.05) is 72.4 Å². The molecule has 5 aromatic rings. The van der Waals surface area contributed by atoms with Gasteiger partial charge in [0.25, 0.3) is 27.5 Å². The van der Waals surface area contributed by atoms with E-state index in [1.54, 1.807) is 47.1 Å². The zero-order valence-corrected chi connectivity index (χ0v) is 29.4. The third-order valence-corrected chi connectivity index (χ3v) is 11.3. The van der Waals surface area contributed by atoms with Crippen molar-refractivity contribution in [3.05, 3.63) is 123 Å². The lowest BCUT2D eigenvalue weighted by Gasteiger charge is -2.36. The smallest absolute Gasteiger partial charge is 0.293 e. The number of aromatic nitrogens is 1. The van der Waals surface area contributed by atoms with Crippen LogP contribution in [0.15, 0.2) is 112 Å². The highest BCUT2D eigenvalue weighted by molar-refractivity contribution is 7.99. The van der Waals surface area contributed by atoms with Crippen LogP contribution in [0.1, 0.15) is 20.0 Å². The molecule has 3 heterocycles. The maximum absolute atomic E-state index is 13.2. The predicted molar refractivity (Wildman–Crippen MR) is 197 cm³/mol. The lowest BCUT2D eigenvalue weighted by atomic mass is 10.1. The van der Waals surface area contributed by atoms with Crippen molar-refractivity contribution in [1.29, 1.82) is 0 Å². The molecule has 16 heteroatoms. The molecule has 0 bridgehead atoms. The van der Waals surface area contributed by atoms with Gasteiger partial charge >= 0.3 is 0 Å². The second-order valence-electron chi connectivity index (χ2n) is 11.4. The van der Waals surface area contributed by atoms with Gasteiger partial charge in [-0.05, 0) is 71.6 Å². The summed E-state index contributed by atoms with van der Waals surface area (Å²) in [5.41, 5.74) is 2.17. The van der Waals surface area contributed by atoms with Gasteiger partial charge in [0.05, 0.1) is 20.9 Å². The van der Waals surface area contributed by atoms with E-state index in [4.69, 9.17) is 0 Å². The number of thiophene rings is 1. The van der Waals surface area contributed by atoms with Gasteiger partial charge in [0.15, 0.2) is 0 Å². The lowest BCUT2D eigenvalue weighted by molar-refractivity contribution is -0.384. The Hall–Kier alpha value is -5.45. The third-order valence-electron chi connectivity index (χ3n) is 8.06. The summed E-state index contributed by atoms with van der Waals surface area (Å²) >= 11 is 2.91. The highest BCUT2D eigenvalue weighted by Crippen LogP contribution is 2.30. The average Bonchev–Trinajstić information content (AvgIpc) is 3.64. The van der Waals surface area contributed by atoms with Gasteiger partial charge in [-0.15, -0.1) is 23.1 Å². The fourth-order valence-electron chi connectivity index (χ4n) is 5.42. The van der Waals surface area contributed by atoms with E-state index in [0.29, 0.717) is 43.4 Å². The Labute approximate surface area is 302 Å². The van der Waals surface area contributed by atoms with Crippen molar-refractivity contribution in [3.8, 4) is 16.9 Å². The quantitative estimate of drug-likeness (QED) is 0.0618. The summed E-state index contributed by atoms with van der Waals surface area (Å²) in [5.74, 6) is -0.281. The van der Waals surface area contributed by atoms with Crippen molar-refractivity contribution in [2.75, 3.05) is 48.7 Å². The number of nitrogens with one attached hydrogen (secondary N) is 2. The van der Waals surface area contributed by atoms with Gasteiger partial charge in [-0.3, -0.25) is 24.7 Å². The molecule has 1 aliphatic heterocycles. The molecule has 0 aliphatic carbocycles. The Morgan fingerprint density at radius 3 is 2.39 bits per heavy atom. The monoisotopic (exact) mass is 744 g/mol. The van der Waals surface area contributed by atoms with Gasteiger partial charge in [-0.1, -0.05) is 18.2 Å². The maximum Gasteiger partial charge on any atom is 0.293 e. The molecule has 2 aromatic heterocycles. The Bertz CT molecular complexity index is 2150. The lowest BCUT2D eigenvalue weighted by Crippen LogP contribution is -2.48. The van der Waals surface area contributed by atoms with Crippen LogP contribution in [0.4, 0.5) is 17.1 Å². The normalized spacial score (nSPS) is 13.1. The molecule has 3 aromatic carbocycles. The number of hydrogen-bond donors (Lipinski definition) is 3. The number of aromatic hydroxyl groups is 1. The van der Waals surface area contributed by atoms with Crippen LogP contribution < -0.4 is 14.9 Å². The minimum absolute atomic E-state index is 0.0501. The first-order valence-electron chi connectivity index (χ1n) is 15.7. The van der Waals surface area contributed by atoms with Crippen molar-refractivity contribution < 1.29 is 28.0 Å². The van der Waals surface area contributed by atoms with Crippen LogP contribution in [0.3, 0.4) is 0 Å². The Kier molecular flexibility index (Phi) is 10.8. The Morgan fingerprint density at radius 1 is 0.941 bits per heavy atom. The van der Waals surface area contributed by atoms with Crippen LogP contribution in [-0.2, 0) is 10.0 Å². The summed E-state index contributed by atoms with van der Waals surface area (Å²) in [6.07, 6.45) is 2.97. The predicted octanol–water partition coefficient (Wildman–Crippen LogP) is 5.71. The molecule has 0 saturated carbocycles. The SMILES string of the molecule is O=C(NS(=O)(=O)c1ccc(NCCSc2ccccc2)c([N+](=O)[O-])c1)c1ccc(N2CCN(C(=O)c3cc(-c4cncc(O)c4)cs3)CC2)cc1. The molecule has 0 unspecified atom stereocenters. The number of benzene rings is 3. The number of nitro benzene ring substituents is 1. The van der Waals surface area contributed by atoms with Gasteiger partial charge in [-0.25, -0.2) is 13.1 Å². The first-order valence-corrected chi connectivity index (χ1v) is 19.1. The van der Waals surface area contributed by atoms with Gasteiger partial charge in [0.1, 0.15) is 11.4 Å². The topological polar surface area (TPSA) is 175 Å². The second kappa shape index (κ2) is 15.6. The van der Waals surface area contributed by atoms with E-state index >= 15 is 0 Å². The molecule has 6 rings (SSSR count). The van der Waals surface area contributed by atoms with Gasteiger partial charge in [0.2, 0.25) is 0 Å². The van der Waals surface area contributed by atoms with Crippen molar-refractivity contribution in [2.45, 2.75) is 9.79 Å². The Morgan fingerprint density at radius 2 is 1.69 bits per heavy atom. The second-order valence-corrected chi connectivity index (χ2v) is 15.2. The van der Waals surface area contributed by atoms with Crippen molar-refractivity contribution in [1.82, 2.24) is 14.6 Å². The number of pyridine rings is 1. The van der Waals surface area contributed by atoms with E-state index in [1.807, 2.05) is 40.4 Å². The summed E-state index contributed by atoms with van der Waals surface area (Å²) in [5, 5.41) is 26.3. The molecule has 262 valence electrons. The molecular formula is C35H32N6O7S3. The van der Waals surface area contributed by atoms with E-state index in [9.17, 15) is 33.2 Å². The Balaban J connectivity index is 1.02. The van der Waals surface area contributed by atoms with E-state index < -0.39 is 31.4 Å². The molecule has 1 aliphatic rings. The molecule has 2 amide bonds. The molecule has 51 heavy (non-hydrogen) atoms. The fourth-order valence-corrected chi connectivity index (χ4v) is 8.09. The van der Waals surface area contributed by atoms with E-state index in [0.717, 1.165) is 27.8 Å². The fraction of sp³-hybridized carbons (Fsp3) is 0.171. The molecule has 0 atom stereocenters. The molecule has 1 saturated heterocycles. The summed E-state index contributed by atoms with van der Waals surface area (Å²) in [6, 6.07) is 22.9. The highest BCUT2D eigenvalue weighted by Gasteiger charge is 2.26. The first kappa shape index (κ1) is 35.4. The van der Waals surface area contributed by atoms with Crippen molar-refractivity contribution in [3.63, 3.8) is 0 Å². The number of carbonyl (C=O) groups excluding carboxylic acids is 2. The molecule has 13 nitrogen and oxygen atoms in total. The van der Waals surface area contributed by atoms with E-state index in [2.05, 4.69) is 15.2 Å². The zero-order chi connectivity index (χ0) is 36.0. The molecule has 3 N–H and O–H groups in total. The third kappa shape index (κ3) is 8.65. The first-order chi connectivity index (χ1) is 24.6. The van der Waals surface area contributed by atoms with Crippen LogP contribution in [-0.4, -0.2) is 78.6 Å². The van der Waals surface area contributed by atoms with E-state index in [1.165, 1.54) is 41.8 Å². The number of nitro groups is 1. The summed E-state index contributed by atoms with van der Waals surface area (Å²) in [6.45, 7) is 2.47. The number of nitrogens with zero attached hydrogens (tertiary/aromatic N) is 4. The standard InChI is InChI=1S/C35H32N6O7S3/c42-28-18-25(21-36-22-28)26-19-33(50-23-26)35(44)40-15-13-39(14-16-40)27-8-6-24(7-9-27)34(43)38-51(47,48)30-10-11-31(32(20-30)41(45)46)37-12-17-49-29-4-2-1-3-5-29/h1-11,18-23,37,42H,12-17H2,(H,38,43). The van der Waals surface area contributed by atoms with Gasteiger partial charge in [-0.2, -0.15) is 0 Å². The van der Waals surface area contributed by atoms with Crippen LogP contribution in [0.25, 0.3) is 11.1 Å². The molecule has 0 spiro atoms. The van der Waals surface area contributed by atoms with Crippen molar-refractivity contribution >= 4 is 62.0 Å². The summed E-state index contributed by atoms with van der Waals surface area (Å²) < 4.78 is 28.2. The number of amides is 2. The van der Waals surface area contributed by atoms with Gasteiger partial charge < -0.3 is 20.2 Å². The number of thioether (sulfide) groups is 1. The molecule has 1 fully saturated rings. The van der Waals surface area contributed by atoms with Crippen LogP contribution >= 0.6 is 23.1 Å². The number of rotatable bonds is 12. The van der Waals surface area contributed by atoms with Crippen LogP contribution in [0, 0.1) is 10.1 Å². The van der Waals surface area contributed by atoms with Crippen molar-refractivity contribution in [2.24, 2.45) is 0 Å². The maximum atomic E-state index is 13.2. The van der Waals surface area contributed by atoms with E-state index in [-0.39, 0.29) is 22.9 Å². The molecular weight excluding hydrogens is 713 g/mol. The summed E-state index contributed by atoms with van der Waals surface area (Å²) in [4.78, 5) is 46.3. The highest BCUT2D eigenvalue weighted by atomic mass is 32.2. The van der Waals surface area contributed by atoms with Crippen LogP contribution in [0.2, 0.25) is 0 Å². The number of carbonyl (C=O) groups is 2. The number of anilines is 2. The largest absolute Gasteiger partial charge is 0.506 e. The molecule has 0 radical (unpaired) electrons. The number of hydrogen-bond acceptors (Lipinski definition) is 12. The summed E-state index contributed by atoms with van der Waals surface area (Å²) in [7, 11) is -4.42. The average molecular weight is 745 g/mol. The van der Waals surface area contributed by atoms with Crippen LogP contribution in [0.5, 0.6) is 5.75 Å². The minimum Gasteiger partial charge on any atom is -0.506 e. The zero-order valence-electron chi connectivity index (χ0n) is 27.0.